The highest BCUT2D eigenvalue weighted by molar-refractivity contribution is 7.89. The number of amides is 1. The maximum atomic E-state index is 12.8. The van der Waals surface area contributed by atoms with E-state index in [4.69, 9.17) is 27.9 Å². The standard InChI is InChI=1S/C18H20Cl2N2O4S/c1-3-22(4-2)27(24,25)17-11-13(19)9-10-16(17)26-12-18(23)21-15-8-6-5-7-14(15)20/h5-11H,3-4,12H2,1-2H3,(H,21,23). The summed E-state index contributed by atoms with van der Waals surface area (Å²) in [6.07, 6.45) is 0. The van der Waals surface area contributed by atoms with Gasteiger partial charge in [0.05, 0.1) is 10.7 Å². The van der Waals surface area contributed by atoms with Crippen LogP contribution < -0.4 is 10.1 Å². The fraction of sp³-hybridized carbons (Fsp3) is 0.278. The number of anilines is 1. The summed E-state index contributed by atoms with van der Waals surface area (Å²) in [5.41, 5.74) is 0.444. The van der Waals surface area contributed by atoms with Crippen molar-refractivity contribution >= 4 is 44.8 Å². The number of carbonyl (C=O) groups is 1. The molecule has 0 aliphatic heterocycles. The zero-order valence-electron chi connectivity index (χ0n) is 14.9. The van der Waals surface area contributed by atoms with Gasteiger partial charge in [0.15, 0.2) is 6.61 Å². The Morgan fingerprint density at radius 3 is 2.41 bits per heavy atom. The first-order valence-electron chi connectivity index (χ1n) is 8.26. The first-order valence-corrected chi connectivity index (χ1v) is 10.5. The minimum absolute atomic E-state index is 0.0561. The van der Waals surface area contributed by atoms with Gasteiger partial charge in [-0.1, -0.05) is 49.2 Å². The molecular formula is C18H20Cl2N2O4S. The first kappa shape index (κ1) is 21.5. The van der Waals surface area contributed by atoms with Crippen LogP contribution in [0.2, 0.25) is 10.0 Å². The second-order valence-electron chi connectivity index (χ2n) is 5.50. The quantitative estimate of drug-likeness (QED) is 0.685. The topological polar surface area (TPSA) is 75.7 Å². The number of nitrogens with zero attached hydrogens (tertiary/aromatic N) is 1. The Morgan fingerprint density at radius 2 is 1.78 bits per heavy atom. The van der Waals surface area contributed by atoms with Gasteiger partial charge in [0.1, 0.15) is 10.6 Å². The van der Waals surface area contributed by atoms with E-state index in [9.17, 15) is 13.2 Å². The van der Waals surface area contributed by atoms with Crippen LogP contribution in [0.1, 0.15) is 13.8 Å². The fourth-order valence-corrected chi connectivity index (χ4v) is 4.43. The smallest absolute Gasteiger partial charge is 0.262 e. The molecule has 0 fully saturated rings. The molecule has 146 valence electrons. The van der Waals surface area contributed by atoms with Crippen molar-refractivity contribution in [1.29, 1.82) is 0 Å². The van der Waals surface area contributed by atoms with E-state index in [-0.39, 0.29) is 22.3 Å². The number of carbonyl (C=O) groups excluding carboxylic acids is 1. The Balaban J connectivity index is 2.20. The number of sulfonamides is 1. The molecule has 1 N–H and O–H groups in total. The first-order chi connectivity index (χ1) is 12.8. The van der Waals surface area contributed by atoms with Crippen LogP contribution in [0.5, 0.6) is 5.75 Å². The molecule has 0 spiro atoms. The van der Waals surface area contributed by atoms with Gasteiger partial charge in [0.2, 0.25) is 10.0 Å². The zero-order valence-corrected chi connectivity index (χ0v) is 17.2. The van der Waals surface area contributed by atoms with Crippen molar-refractivity contribution in [2.24, 2.45) is 0 Å². The highest BCUT2D eigenvalue weighted by atomic mass is 35.5. The van der Waals surface area contributed by atoms with Crippen molar-refractivity contribution in [3.63, 3.8) is 0 Å². The summed E-state index contributed by atoms with van der Waals surface area (Å²) < 4.78 is 32.4. The highest BCUT2D eigenvalue weighted by Gasteiger charge is 2.26. The second-order valence-corrected chi connectivity index (χ2v) is 8.25. The number of halogens is 2. The van der Waals surface area contributed by atoms with Crippen molar-refractivity contribution in [2.75, 3.05) is 25.0 Å². The average Bonchev–Trinajstić information content (AvgIpc) is 2.63. The summed E-state index contributed by atoms with van der Waals surface area (Å²) >= 11 is 12.0. The molecule has 0 heterocycles. The summed E-state index contributed by atoms with van der Waals surface area (Å²) in [5.74, 6) is -0.412. The lowest BCUT2D eigenvalue weighted by atomic mass is 10.3. The molecule has 0 unspecified atom stereocenters. The number of benzene rings is 2. The second kappa shape index (κ2) is 9.41. The molecule has 1 amide bonds. The molecule has 9 heteroatoms. The molecule has 0 bridgehead atoms. The van der Waals surface area contributed by atoms with Gasteiger partial charge in [-0.2, -0.15) is 4.31 Å². The van der Waals surface area contributed by atoms with E-state index in [0.717, 1.165) is 0 Å². The van der Waals surface area contributed by atoms with E-state index in [1.165, 1.54) is 22.5 Å². The summed E-state index contributed by atoms with van der Waals surface area (Å²) in [6, 6.07) is 11.0. The van der Waals surface area contributed by atoms with Crippen molar-refractivity contribution in [2.45, 2.75) is 18.7 Å². The normalized spacial score (nSPS) is 11.4. The Hall–Kier alpha value is -1.80. The summed E-state index contributed by atoms with van der Waals surface area (Å²) in [4.78, 5) is 12.1. The molecule has 0 radical (unpaired) electrons. The van der Waals surface area contributed by atoms with Crippen LogP contribution >= 0.6 is 23.2 Å². The third-order valence-electron chi connectivity index (χ3n) is 3.74. The van der Waals surface area contributed by atoms with Gasteiger partial charge in [-0.3, -0.25) is 4.79 Å². The van der Waals surface area contributed by atoms with Gasteiger partial charge < -0.3 is 10.1 Å². The maximum absolute atomic E-state index is 12.8. The lowest BCUT2D eigenvalue weighted by Crippen LogP contribution is -2.31. The zero-order chi connectivity index (χ0) is 20.0. The van der Waals surface area contributed by atoms with Crippen molar-refractivity contribution in [3.05, 3.63) is 52.5 Å². The van der Waals surface area contributed by atoms with Crippen LogP contribution in [-0.2, 0) is 14.8 Å². The Bertz CT molecular complexity index is 915. The van der Waals surface area contributed by atoms with E-state index < -0.39 is 15.9 Å². The Labute approximate surface area is 169 Å². The minimum Gasteiger partial charge on any atom is -0.482 e. The Morgan fingerprint density at radius 1 is 1.11 bits per heavy atom. The number of para-hydroxylation sites is 1. The molecule has 0 aromatic heterocycles. The molecular weight excluding hydrogens is 411 g/mol. The van der Waals surface area contributed by atoms with Crippen LogP contribution in [0, 0.1) is 0 Å². The summed E-state index contributed by atoms with van der Waals surface area (Å²) in [7, 11) is -3.80. The number of rotatable bonds is 8. The maximum Gasteiger partial charge on any atom is 0.262 e. The van der Waals surface area contributed by atoms with Crippen molar-refractivity contribution < 1.29 is 17.9 Å². The predicted octanol–water partition coefficient (Wildman–Crippen LogP) is 4.04. The third kappa shape index (κ3) is 5.35. The van der Waals surface area contributed by atoms with Gasteiger partial charge >= 0.3 is 0 Å². The van der Waals surface area contributed by atoms with Crippen LogP contribution in [0.25, 0.3) is 0 Å². The van der Waals surface area contributed by atoms with Crippen LogP contribution in [0.4, 0.5) is 5.69 Å². The molecule has 6 nitrogen and oxygen atoms in total. The van der Waals surface area contributed by atoms with E-state index in [2.05, 4.69) is 5.32 Å². The lowest BCUT2D eigenvalue weighted by Gasteiger charge is -2.20. The summed E-state index contributed by atoms with van der Waals surface area (Å²) in [6.45, 7) is 3.70. The monoisotopic (exact) mass is 430 g/mol. The summed E-state index contributed by atoms with van der Waals surface area (Å²) in [5, 5.41) is 3.26. The third-order valence-corrected chi connectivity index (χ3v) is 6.37. The average molecular weight is 431 g/mol. The molecule has 0 aliphatic carbocycles. The van der Waals surface area contributed by atoms with Gasteiger partial charge in [-0.15, -0.1) is 0 Å². The molecule has 0 aliphatic rings. The number of ether oxygens (including phenoxy) is 1. The number of nitrogens with one attached hydrogen (secondary N) is 1. The van der Waals surface area contributed by atoms with Crippen LogP contribution in [0.15, 0.2) is 47.4 Å². The molecule has 2 aromatic rings. The Kier molecular flexibility index (Phi) is 7.49. The van der Waals surface area contributed by atoms with Crippen molar-refractivity contribution in [3.8, 4) is 5.75 Å². The van der Waals surface area contributed by atoms with Crippen LogP contribution in [-0.4, -0.2) is 38.3 Å². The van der Waals surface area contributed by atoms with E-state index >= 15 is 0 Å². The van der Waals surface area contributed by atoms with E-state index in [1.807, 2.05) is 0 Å². The molecule has 27 heavy (non-hydrogen) atoms. The van der Waals surface area contributed by atoms with Crippen LogP contribution in [0.3, 0.4) is 0 Å². The predicted molar refractivity (Wildman–Crippen MR) is 107 cm³/mol. The van der Waals surface area contributed by atoms with Crippen molar-refractivity contribution in [1.82, 2.24) is 4.31 Å². The molecule has 0 atom stereocenters. The SMILES string of the molecule is CCN(CC)S(=O)(=O)c1cc(Cl)ccc1OCC(=O)Nc1ccccc1Cl. The lowest BCUT2D eigenvalue weighted by molar-refractivity contribution is -0.118. The van der Waals surface area contributed by atoms with E-state index in [0.29, 0.717) is 23.8 Å². The van der Waals surface area contributed by atoms with Gasteiger partial charge in [0, 0.05) is 18.1 Å². The number of hydrogen-bond donors (Lipinski definition) is 1. The van der Waals surface area contributed by atoms with E-state index in [1.54, 1.807) is 38.1 Å². The fourth-order valence-electron chi connectivity index (χ4n) is 2.40. The molecule has 2 rings (SSSR count). The minimum atomic E-state index is -3.80. The van der Waals surface area contributed by atoms with Gasteiger partial charge in [-0.05, 0) is 30.3 Å². The van der Waals surface area contributed by atoms with Gasteiger partial charge in [0.25, 0.3) is 5.91 Å². The number of hydrogen-bond acceptors (Lipinski definition) is 4. The molecule has 0 saturated heterocycles. The molecule has 2 aromatic carbocycles. The largest absolute Gasteiger partial charge is 0.482 e. The molecule has 0 saturated carbocycles. The highest BCUT2D eigenvalue weighted by Crippen LogP contribution is 2.30. The van der Waals surface area contributed by atoms with Gasteiger partial charge in [-0.25, -0.2) is 8.42 Å².